The van der Waals surface area contributed by atoms with E-state index in [9.17, 15) is 4.79 Å². The van der Waals surface area contributed by atoms with Crippen LogP contribution < -0.4 is 11.3 Å². The Hall–Kier alpha value is -2.35. The lowest BCUT2D eigenvalue weighted by Crippen LogP contribution is -2.15. The van der Waals surface area contributed by atoms with Crippen LogP contribution in [0.2, 0.25) is 0 Å². The van der Waals surface area contributed by atoms with Crippen LogP contribution in [0.5, 0.6) is 0 Å². The third-order valence-electron chi connectivity index (χ3n) is 2.77. The number of hydrogen-bond acceptors (Lipinski definition) is 6. The highest BCUT2D eigenvalue weighted by molar-refractivity contribution is 7.98. The first-order valence-electron chi connectivity index (χ1n) is 5.92. The van der Waals surface area contributed by atoms with Crippen LogP contribution in [0, 0.1) is 6.92 Å². The largest absolute Gasteiger partial charge is 0.368 e. The highest BCUT2D eigenvalue weighted by atomic mass is 32.2. The Morgan fingerprint density at radius 1 is 1.45 bits per heavy atom. The number of thioether (sulfide) groups is 1. The number of anilines is 1. The van der Waals surface area contributed by atoms with Gasteiger partial charge in [-0.3, -0.25) is 9.20 Å². The maximum Gasteiger partial charge on any atom is 0.258 e. The minimum absolute atomic E-state index is 0.0937. The van der Waals surface area contributed by atoms with E-state index >= 15 is 0 Å². The predicted molar refractivity (Wildman–Crippen MR) is 76.6 cm³/mol. The zero-order valence-corrected chi connectivity index (χ0v) is 11.5. The molecule has 0 aliphatic carbocycles. The number of nitrogens with two attached hydrogens (primary N) is 1. The van der Waals surface area contributed by atoms with Gasteiger partial charge in [-0.15, -0.1) is 5.10 Å². The van der Waals surface area contributed by atoms with Gasteiger partial charge in [-0.2, -0.15) is 4.98 Å². The Bertz CT molecular complexity index is 824. The van der Waals surface area contributed by atoms with Crippen molar-refractivity contribution in [2.75, 3.05) is 5.73 Å². The van der Waals surface area contributed by atoms with Crippen molar-refractivity contribution in [2.24, 2.45) is 0 Å². The SMILES string of the molecule is Cc1cccn2c(=O)cc(CSc3n[nH]c(N)n3)nc12. The number of aromatic nitrogens is 5. The van der Waals surface area contributed by atoms with Gasteiger partial charge >= 0.3 is 0 Å². The van der Waals surface area contributed by atoms with Crippen LogP contribution in [0.3, 0.4) is 0 Å². The summed E-state index contributed by atoms with van der Waals surface area (Å²) >= 11 is 1.37. The van der Waals surface area contributed by atoms with Gasteiger partial charge < -0.3 is 5.73 Å². The Balaban J connectivity index is 1.92. The van der Waals surface area contributed by atoms with Crippen LogP contribution in [0.4, 0.5) is 5.95 Å². The van der Waals surface area contributed by atoms with Gasteiger partial charge in [0.1, 0.15) is 5.65 Å². The normalized spacial score (nSPS) is 11.1. The molecule has 0 aromatic carbocycles. The number of pyridine rings is 1. The molecule has 0 aliphatic heterocycles. The summed E-state index contributed by atoms with van der Waals surface area (Å²) < 4.78 is 1.54. The predicted octanol–water partition coefficient (Wildman–Crippen LogP) is 0.996. The molecule has 0 aliphatic rings. The van der Waals surface area contributed by atoms with Crippen molar-refractivity contribution < 1.29 is 0 Å². The Morgan fingerprint density at radius 3 is 3.05 bits per heavy atom. The lowest BCUT2D eigenvalue weighted by atomic mass is 10.3. The topological polar surface area (TPSA) is 102 Å². The van der Waals surface area contributed by atoms with Crippen LogP contribution in [0.1, 0.15) is 11.3 Å². The van der Waals surface area contributed by atoms with Crippen LogP contribution in [-0.2, 0) is 5.75 Å². The molecular weight excluding hydrogens is 276 g/mol. The molecule has 0 unspecified atom stereocenters. The number of H-pyrrole nitrogens is 1. The molecular formula is C12H12N6OS. The number of aryl methyl sites for hydroxylation is 1. The van der Waals surface area contributed by atoms with Crippen LogP contribution in [0.15, 0.2) is 34.3 Å². The van der Waals surface area contributed by atoms with Gasteiger partial charge in [0.15, 0.2) is 0 Å². The maximum atomic E-state index is 12.0. The van der Waals surface area contributed by atoms with Crippen molar-refractivity contribution in [1.29, 1.82) is 0 Å². The fourth-order valence-electron chi connectivity index (χ4n) is 1.84. The van der Waals surface area contributed by atoms with Gasteiger partial charge in [0.25, 0.3) is 5.56 Å². The van der Waals surface area contributed by atoms with E-state index < -0.39 is 0 Å². The number of aromatic amines is 1. The summed E-state index contributed by atoms with van der Waals surface area (Å²) in [5.74, 6) is 0.784. The van der Waals surface area contributed by atoms with Gasteiger partial charge in [0, 0.05) is 18.0 Å². The minimum Gasteiger partial charge on any atom is -0.368 e. The van der Waals surface area contributed by atoms with E-state index in [1.54, 1.807) is 6.20 Å². The number of nitrogens with one attached hydrogen (secondary N) is 1. The molecule has 0 saturated carbocycles. The van der Waals surface area contributed by atoms with E-state index in [2.05, 4.69) is 20.2 Å². The van der Waals surface area contributed by atoms with E-state index in [-0.39, 0.29) is 11.5 Å². The van der Waals surface area contributed by atoms with Crippen molar-refractivity contribution >= 4 is 23.4 Å². The summed E-state index contributed by atoms with van der Waals surface area (Å²) in [5.41, 5.74) is 7.68. The lowest BCUT2D eigenvalue weighted by molar-refractivity contribution is 0.967. The van der Waals surface area contributed by atoms with Crippen LogP contribution in [-0.4, -0.2) is 24.6 Å². The van der Waals surface area contributed by atoms with E-state index in [4.69, 9.17) is 5.73 Å². The molecule has 0 atom stereocenters. The Morgan fingerprint density at radius 2 is 2.30 bits per heavy atom. The summed E-state index contributed by atoms with van der Waals surface area (Å²) in [5, 5.41) is 7.02. The quantitative estimate of drug-likeness (QED) is 0.697. The zero-order valence-electron chi connectivity index (χ0n) is 10.7. The van der Waals surface area contributed by atoms with Crippen LogP contribution >= 0.6 is 11.8 Å². The molecule has 20 heavy (non-hydrogen) atoms. The molecule has 102 valence electrons. The number of hydrogen-bond donors (Lipinski definition) is 2. The molecule has 0 amide bonds. The third kappa shape index (κ3) is 2.37. The first-order chi connectivity index (χ1) is 9.63. The highest BCUT2D eigenvalue weighted by Gasteiger charge is 2.07. The van der Waals surface area contributed by atoms with Crippen molar-refractivity contribution in [2.45, 2.75) is 17.8 Å². The Kier molecular flexibility index (Phi) is 3.15. The van der Waals surface area contributed by atoms with E-state index in [1.807, 2.05) is 19.1 Å². The minimum atomic E-state index is -0.0937. The van der Waals surface area contributed by atoms with Gasteiger partial charge in [-0.25, -0.2) is 10.1 Å². The number of nitrogen functional groups attached to an aromatic ring is 1. The number of nitrogens with zero attached hydrogens (tertiary/aromatic N) is 4. The average Bonchev–Trinajstić information content (AvgIpc) is 2.84. The first kappa shape index (κ1) is 12.7. The second-order valence-electron chi connectivity index (χ2n) is 4.26. The van der Waals surface area contributed by atoms with Crippen molar-refractivity contribution in [1.82, 2.24) is 24.6 Å². The molecule has 3 aromatic heterocycles. The van der Waals surface area contributed by atoms with Crippen molar-refractivity contribution in [3.05, 3.63) is 46.0 Å². The molecule has 3 aromatic rings. The third-order valence-corrected chi connectivity index (χ3v) is 3.65. The molecule has 3 rings (SSSR count). The smallest absolute Gasteiger partial charge is 0.258 e. The average molecular weight is 288 g/mol. The summed E-state index contributed by atoms with van der Waals surface area (Å²) in [4.78, 5) is 20.5. The van der Waals surface area contributed by atoms with Gasteiger partial charge in [-0.1, -0.05) is 17.8 Å². The van der Waals surface area contributed by atoms with Crippen LogP contribution in [0.25, 0.3) is 5.65 Å². The molecule has 7 nitrogen and oxygen atoms in total. The molecule has 0 spiro atoms. The fraction of sp³-hybridized carbons (Fsp3) is 0.167. The summed E-state index contributed by atoms with van der Waals surface area (Å²) in [7, 11) is 0. The number of fused-ring (bicyclic) bond motifs is 1. The van der Waals surface area contributed by atoms with Gasteiger partial charge in [0.05, 0.1) is 5.69 Å². The van der Waals surface area contributed by atoms with Crippen molar-refractivity contribution in [3.63, 3.8) is 0 Å². The molecule has 8 heteroatoms. The fourth-order valence-corrected chi connectivity index (χ4v) is 2.54. The van der Waals surface area contributed by atoms with E-state index in [0.717, 1.165) is 5.56 Å². The monoisotopic (exact) mass is 288 g/mol. The van der Waals surface area contributed by atoms with E-state index in [1.165, 1.54) is 22.2 Å². The highest BCUT2D eigenvalue weighted by Crippen LogP contribution is 2.18. The second kappa shape index (κ2) is 4.97. The lowest BCUT2D eigenvalue weighted by Gasteiger charge is -2.05. The van der Waals surface area contributed by atoms with Gasteiger partial charge in [-0.05, 0) is 18.6 Å². The van der Waals surface area contributed by atoms with Gasteiger partial charge in [0.2, 0.25) is 11.1 Å². The van der Waals surface area contributed by atoms with E-state index in [0.29, 0.717) is 22.3 Å². The standard InChI is InChI=1S/C12H12N6OS/c1-7-3-2-4-18-9(19)5-8(14-10(7)18)6-20-12-15-11(13)16-17-12/h2-5H,6H2,1H3,(H3,13,15,16,17). The zero-order chi connectivity index (χ0) is 14.1. The summed E-state index contributed by atoms with van der Waals surface area (Å²) in [6, 6.07) is 5.28. The molecule has 0 saturated heterocycles. The molecule has 0 fully saturated rings. The first-order valence-corrected chi connectivity index (χ1v) is 6.90. The molecule has 0 radical (unpaired) electrons. The maximum absolute atomic E-state index is 12.0. The molecule has 0 bridgehead atoms. The summed E-state index contributed by atoms with van der Waals surface area (Å²) in [6.45, 7) is 1.93. The summed E-state index contributed by atoms with van der Waals surface area (Å²) in [6.07, 6.45) is 1.71. The number of rotatable bonds is 3. The Labute approximate surface area is 118 Å². The van der Waals surface area contributed by atoms with Crippen molar-refractivity contribution in [3.8, 4) is 0 Å². The molecule has 3 N–H and O–H groups in total. The molecule has 3 heterocycles. The second-order valence-corrected chi connectivity index (χ2v) is 5.20.